The van der Waals surface area contributed by atoms with Crippen molar-refractivity contribution >= 4 is 16.7 Å². The first kappa shape index (κ1) is 22.3. The summed E-state index contributed by atoms with van der Waals surface area (Å²) in [7, 11) is 3.26. The van der Waals surface area contributed by atoms with Gasteiger partial charge in [0.25, 0.3) is 0 Å². The van der Waals surface area contributed by atoms with Crippen LogP contribution in [0.1, 0.15) is 30.4 Å². The van der Waals surface area contributed by atoms with E-state index in [1.165, 1.54) is 0 Å². The quantitative estimate of drug-likeness (QED) is 0.380. The van der Waals surface area contributed by atoms with Gasteiger partial charge in [-0.05, 0) is 52.3 Å². The van der Waals surface area contributed by atoms with Gasteiger partial charge in [0, 0.05) is 24.3 Å². The fraction of sp³-hybridized carbons (Fsp3) is 0.214. The van der Waals surface area contributed by atoms with Gasteiger partial charge in [-0.25, -0.2) is 0 Å². The SMILES string of the molecule is CCC(C(=O)NCc1ccc(-c2ccc(OC)c(OC)c2)c2ccncc12)c1ccccc1. The second-order valence-electron chi connectivity index (χ2n) is 7.85. The molecule has 0 saturated carbocycles. The Labute approximate surface area is 194 Å². The van der Waals surface area contributed by atoms with Gasteiger partial charge in [0.05, 0.1) is 20.1 Å². The summed E-state index contributed by atoms with van der Waals surface area (Å²) < 4.78 is 10.9. The summed E-state index contributed by atoms with van der Waals surface area (Å²) in [4.78, 5) is 17.3. The maximum Gasteiger partial charge on any atom is 0.227 e. The molecule has 0 fully saturated rings. The predicted octanol–water partition coefficient (Wildman–Crippen LogP) is 5.73. The van der Waals surface area contributed by atoms with Crippen molar-refractivity contribution in [3.05, 3.63) is 90.3 Å². The normalized spacial score (nSPS) is 11.7. The van der Waals surface area contributed by atoms with E-state index in [9.17, 15) is 4.79 Å². The van der Waals surface area contributed by atoms with Crippen LogP contribution in [0.5, 0.6) is 11.5 Å². The number of nitrogens with one attached hydrogen (secondary N) is 1. The number of hydrogen-bond acceptors (Lipinski definition) is 4. The molecule has 0 aliphatic rings. The second-order valence-corrected chi connectivity index (χ2v) is 7.85. The molecule has 1 aromatic heterocycles. The number of nitrogens with zero attached hydrogens (tertiary/aromatic N) is 1. The van der Waals surface area contributed by atoms with Gasteiger partial charge in [0.2, 0.25) is 5.91 Å². The summed E-state index contributed by atoms with van der Waals surface area (Å²) in [5.41, 5.74) is 4.15. The maximum absolute atomic E-state index is 13.0. The molecular weight excluding hydrogens is 412 g/mol. The number of carbonyl (C=O) groups excluding carboxylic acids is 1. The third-order valence-corrected chi connectivity index (χ3v) is 5.98. The minimum Gasteiger partial charge on any atom is -0.493 e. The van der Waals surface area contributed by atoms with Crippen molar-refractivity contribution in [3.8, 4) is 22.6 Å². The number of rotatable bonds is 8. The zero-order chi connectivity index (χ0) is 23.2. The Morgan fingerprint density at radius 2 is 1.73 bits per heavy atom. The highest BCUT2D eigenvalue weighted by atomic mass is 16.5. The lowest BCUT2D eigenvalue weighted by atomic mass is 9.94. The molecule has 0 aliphatic carbocycles. The Bertz CT molecular complexity index is 1250. The summed E-state index contributed by atoms with van der Waals surface area (Å²) in [6.45, 7) is 2.48. The smallest absolute Gasteiger partial charge is 0.227 e. The van der Waals surface area contributed by atoms with Gasteiger partial charge >= 0.3 is 0 Å². The third-order valence-electron chi connectivity index (χ3n) is 5.98. The summed E-state index contributed by atoms with van der Waals surface area (Å²) in [5, 5.41) is 5.21. The molecule has 168 valence electrons. The van der Waals surface area contributed by atoms with E-state index in [-0.39, 0.29) is 11.8 Å². The van der Waals surface area contributed by atoms with Crippen LogP contribution in [-0.4, -0.2) is 25.1 Å². The van der Waals surface area contributed by atoms with Gasteiger partial charge in [-0.3, -0.25) is 9.78 Å². The van der Waals surface area contributed by atoms with Gasteiger partial charge in [-0.15, -0.1) is 0 Å². The molecule has 1 amide bonds. The minimum atomic E-state index is -0.165. The van der Waals surface area contributed by atoms with E-state index in [0.717, 1.165) is 39.4 Å². The first-order valence-electron chi connectivity index (χ1n) is 11.1. The van der Waals surface area contributed by atoms with Crippen LogP contribution in [0.15, 0.2) is 79.1 Å². The molecule has 1 atom stereocenters. The molecule has 4 rings (SSSR count). The fourth-order valence-corrected chi connectivity index (χ4v) is 4.22. The lowest BCUT2D eigenvalue weighted by molar-refractivity contribution is -0.122. The van der Waals surface area contributed by atoms with Gasteiger partial charge < -0.3 is 14.8 Å². The molecule has 0 saturated heterocycles. The van der Waals surface area contributed by atoms with Crippen LogP contribution >= 0.6 is 0 Å². The van der Waals surface area contributed by atoms with Crippen molar-refractivity contribution in [1.29, 1.82) is 0 Å². The molecule has 0 aliphatic heterocycles. The zero-order valence-electron chi connectivity index (χ0n) is 19.2. The molecule has 4 aromatic rings. The van der Waals surface area contributed by atoms with E-state index in [4.69, 9.17) is 9.47 Å². The van der Waals surface area contributed by atoms with Gasteiger partial charge in [-0.2, -0.15) is 0 Å². The fourth-order valence-electron chi connectivity index (χ4n) is 4.22. The van der Waals surface area contributed by atoms with E-state index in [1.807, 2.05) is 67.7 Å². The van der Waals surface area contributed by atoms with Crippen LogP contribution in [-0.2, 0) is 11.3 Å². The minimum absolute atomic E-state index is 0.0321. The zero-order valence-corrected chi connectivity index (χ0v) is 19.2. The highest BCUT2D eigenvalue weighted by Crippen LogP contribution is 2.36. The Morgan fingerprint density at radius 3 is 2.45 bits per heavy atom. The topological polar surface area (TPSA) is 60.5 Å². The number of fused-ring (bicyclic) bond motifs is 1. The first-order valence-corrected chi connectivity index (χ1v) is 11.1. The number of hydrogen-bond donors (Lipinski definition) is 1. The molecule has 5 heteroatoms. The van der Waals surface area contributed by atoms with Gasteiger partial charge in [-0.1, -0.05) is 55.5 Å². The van der Waals surface area contributed by atoms with Crippen LogP contribution in [0.4, 0.5) is 0 Å². The van der Waals surface area contributed by atoms with Gasteiger partial charge in [0.15, 0.2) is 11.5 Å². The lowest BCUT2D eigenvalue weighted by Crippen LogP contribution is -2.28. The van der Waals surface area contributed by atoms with Gasteiger partial charge in [0.1, 0.15) is 0 Å². The van der Waals surface area contributed by atoms with Crippen LogP contribution in [0.3, 0.4) is 0 Å². The van der Waals surface area contributed by atoms with Crippen molar-refractivity contribution in [2.75, 3.05) is 14.2 Å². The molecule has 3 aromatic carbocycles. The van der Waals surface area contributed by atoms with E-state index >= 15 is 0 Å². The molecule has 0 spiro atoms. The summed E-state index contributed by atoms with van der Waals surface area (Å²) in [6.07, 6.45) is 4.39. The predicted molar refractivity (Wildman–Crippen MR) is 132 cm³/mol. The summed E-state index contributed by atoms with van der Waals surface area (Å²) in [6, 6.07) is 22.0. The highest BCUT2D eigenvalue weighted by molar-refractivity contribution is 5.98. The van der Waals surface area contributed by atoms with Crippen molar-refractivity contribution in [2.45, 2.75) is 25.8 Å². The Morgan fingerprint density at radius 1 is 0.939 bits per heavy atom. The average molecular weight is 441 g/mol. The number of aromatic nitrogens is 1. The molecule has 5 nitrogen and oxygen atoms in total. The van der Waals surface area contributed by atoms with E-state index in [1.54, 1.807) is 20.4 Å². The molecular formula is C28H28N2O3. The van der Waals surface area contributed by atoms with Crippen LogP contribution < -0.4 is 14.8 Å². The van der Waals surface area contributed by atoms with Crippen molar-refractivity contribution < 1.29 is 14.3 Å². The third kappa shape index (κ3) is 4.67. The monoisotopic (exact) mass is 440 g/mol. The highest BCUT2D eigenvalue weighted by Gasteiger charge is 2.18. The Balaban J connectivity index is 1.63. The van der Waals surface area contributed by atoms with Crippen LogP contribution in [0.25, 0.3) is 21.9 Å². The first-order chi connectivity index (χ1) is 16.2. The number of amides is 1. The Hall–Kier alpha value is -3.86. The number of methoxy groups -OCH3 is 2. The molecule has 33 heavy (non-hydrogen) atoms. The lowest BCUT2D eigenvalue weighted by Gasteiger charge is -2.17. The van der Waals surface area contributed by atoms with Crippen LogP contribution in [0.2, 0.25) is 0 Å². The van der Waals surface area contributed by atoms with E-state index in [2.05, 4.69) is 22.4 Å². The second kappa shape index (κ2) is 10.2. The molecule has 1 N–H and O–H groups in total. The number of carbonyl (C=O) groups is 1. The summed E-state index contributed by atoms with van der Waals surface area (Å²) >= 11 is 0. The molecule has 0 bridgehead atoms. The summed E-state index contributed by atoms with van der Waals surface area (Å²) in [5.74, 6) is 1.24. The molecule has 0 radical (unpaired) electrons. The van der Waals surface area contributed by atoms with Crippen molar-refractivity contribution in [2.24, 2.45) is 0 Å². The largest absolute Gasteiger partial charge is 0.493 e. The van der Waals surface area contributed by atoms with Crippen molar-refractivity contribution in [1.82, 2.24) is 10.3 Å². The number of benzene rings is 3. The Kier molecular flexibility index (Phi) is 6.89. The maximum atomic E-state index is 13.0. The van der Waals surface area contributed by atoms with Crippen LogP contribution in [0, 0.1) is 0 Å². The number of ether oxygens (including phenoxy) is 2. The molecule has 1 heterocycles. The standard InChI is InChI=1S/C28H28N2O3/c1-4-22(19-8-6-5-7-9-19)28(31)30-17-21-10-12-23(24-14-15-29-18-25(21)24)20-11-13-26(32-2)27(16-20)33-3/h5-16,18,22H,4,17H2,1-3H3,(H,30,31). The van der Waals surface area contributed by atoms with E-state index in [0.29, 0.717) is 18.0 Å². The number of pyridine rings is 1. The average Bonchev–Trinajstić information content (AvgIpc) is 2.88. The van der Waals surface area contributed by atoms with E-state index < -0.39 is 0 Å². The van der Waals surface area contributed by atoms with Crippen molar-refractivity contribution in [3.63, 3.8) is 0 Å². The molecule has 1 unspecified atom stereocenters.